The van der Waals surface area contributed by atoms with Gasteiger partial charge in [-0.2, -0.15) is 0 Å². The van der Waals surface area contributed by atoms with Crippen molar-refractivity contribution in [2.45, 2.75) is 12.8 Å². The predicted octanol–water partition coefficient (Wildman–Crippen LogP) is 3.06. The SMILES string of the molecule is CN=C(NCCCN1C(=O)COc2ccccc21)N1CCc2ccccc21.I. The Hall–Kier alpha value is -2.29. The van der Waals surface area contributed by atoms with Crippen molar-refractivity contribution in [3.05, 3.63) is 54.1 Å². The summed E-state index contributed by atoms with van der Waals surface area (Å²) in [4.78, 5) is 20.7. The van der Waals surface area contributed by atoms with Gasteiger partial charge in [0, 0.05) is 32.4 Å². The summed E-state index contributed by atoms with van der Waals surface area (Å²) >= 11 is 0. The summed E-state index contributed by atoms with van der Waals surface area (Å²) in [7, 11) is 1.81. The highest BCUT2D eigenvalue weighted by Gasteiger charge is 2.25. The Labute approximate surface area is 182 Å². The van der Waals surface area contributed by atoms with E-state index in [0.717, 1.165) is 43.3 Å². The third-order valence-electron chi connectivity index (χ3n) is 5.00. The van der Waals surface area contributed by atoms with Crippen LogP contribution < -0.4 is 19.9 Å². The second-order valence-electron chi connectivity index (χ2n) is 6.66. The van der Waals surface area contributed by atoms with Gasteiger partial charge in [-0.15, -0.1) is 24.0 Å². The van der Waals surface area contributed by atoms with Gasteiger partial charge in [0.2, 0.25) is 0 Å². The van der Waals surface area contributed by atoms with Crippen molar-refractivity contribution in [3.63, 3.8) is 0 Å². The summed E-state index contributed by atoms with van der Waals surface area (Å²) in [5.74, 6) is 1.66. The highest BCUT2D eigenvalue weighted by Crippen LogP contribution is 2.31. The first-order chi connectivity index (χ1) is 13.3. The maximum Gasteiger partial charge on any atom is 0.265 e. The van der Waals surface area contributed by atoms with E-state index in [-0.39, 0.29) is 36.5 Å². The third-order valence-corrected chi connectivity index (χ3v) is 5.00. The van der Waals surface area contributed by atoms with Crippen molar-refractivity contribution in [1.82, 2.24) is 5.32 Å². The maximum atomic E-state index is 12.2. The lowest BCUT2D eigenvalue weighted by Gasteiger charge is -2.29. The minimum absolute atomic E-state index is 0. The van der Waals surface area contributed by atoms with Crippen LogP contribution in [0.5, 0.6) is 5.75 Å². The largest absolute Gasteiger partial charge is 0.482 e. The van der Waals surface area contributed by atoms with Crippen LogP contribution in [0.2, 0.25) is 0 Å². The Morgan fingerprint density at radius 2 is 1.89 bits per heavy atom. The summed E-state index contributed by atoms with van der Waals surface area (Å²) in [6.45, 7) is 2.45. The van der Waals surface area contributed by atoms with Gasteiger partial charge in [0.25, 0.3) is 5.91 Å². The topological polar surface area (TPSA) is 57.2 Å². The zero-order valence-corrected chi connectivity index (χ0v) is 18.3. The van der Waals surface area contributed by atoms with E-state index in [2.05, 4.69) is 39.5 Å². The molecule has 0 unspecified atom stereocenters. The monoisotopic (exact) mass is 492 g/mol. The molecule has 6 nitrogen and oxygen atoms in total. The molecular weight excluding hydrogens is 467 g/mol. The fourth-order valence-electron chi connectivity index (χ4n) is 3.69. The molecule has 1 amide bonds. The number of anilines is 2. The van der Waals surface area contributed by atoms with Crippen LogP contribution in [0.15, 0.2) is 53.5 Å². The Morgan fingerprint density at radius 1 is 1.14 bits per heavy atom. The molecule has 2 heterocycles. The number of carbonyl (C=O) groups is 1. The molecule has 2 aromatic rings. The number of halogens is 1. The van der Waals surface area contributed by atoms with Crippen LogP contribution in [0.1, 0.15) is 12.0 Å². The number of nitrogens with zero attached hydrogens (tertiary/aromatic N) is 3. The smallest absolute Gasteiger partial charge is 0.265 e. The molecule has 0 radical (unpaired) electrons. The van der Waals surface area contributed by atoms with Gasteiger partial charge in [0.15, 0.2) is 12.6 Å². The fraction of sp³-hybridized carbons (Fsp3) is 0.333. The van der Waals surface area contributed by atoms with Gasteiger partial charge < -0.3 is 19.9 Å². The highest BCUT2D eigenvalue weighted by molar-refractivity contribution is 14.0. The average molecular weight is 492 g/mol. The van der Waals surface area contributed by atoms with Gasteiger partial charge in [-0.3, -0.25) is 9.79 Å². The van der Waals surface area contributed by atoms with Crippen molar-refractivity contribution >= 4 is 47.2 Å². The number of guanidine groups is 1. The van der Waals surface area contributed by atoms with Crippen LogP contribution in [-0.2, 0) is 11.2 Å². The van der Waals surface area contributed by atoms with E-state index < -0.39 is 0 Å². The van der Waals surface area contributed by atoms with E-state index in [1.54, 1.807) is 0 Å². The van der Waals surface area contributed by atoms with Crippen molar-refractivity contribution in [2.24, 2.45) is 4.99 Å². The molecule has 0 bridgehead atoms. The van der Waals surface area contributed by atoms with Gasteiger partial charge >= 0.3 is 0 Å². The van der Waals surface area contributed by atoms with Crippen LogP contribution in [0.4, 0.5) is 11.4 Å². The molecule has 0 saturated heterocycles. The van der Waals surface area contributed by atoms with Crippen molar-refractivity contribution < 1.29 is 9.53 Å². The molecule has 4 rings (SSSR count). The summed E-state index contributed by atoms with van der Waals surface area (Å²) < 4.78 is 5.50. The first-order valence-corrected chi connectivity index (χ1v) is 9.36. The van der Waals surface area contributed by atoms with Crippen LogP contribution in [-0.4, -0.2) is 45.2 Å². The molecule has 2 aliphatic heterocycles. The first-order valence-electron chi connectivity index (χ1n) is 9.36. The molecule has 2 aliphatic rings. The molecule has 0 fully saturated rings. The number of nitrogens with one attached hydrogen (secondary N) is 1. The van der Waals surface area contributed by atoms with E-state index in [1.807, 2.05) is 36.2 Å². The van der Waals surface area contributed by atoms with Crippen LogP contribution in [0.25, 0.3) is 0 Å². The number of para-hydroxylation sites is 3. The van der Waals surface area contributed by atoms with Gasteiger partial charge in [-0.1, -0.05) is 30.3 Å². The molecular formula is C21H25IN4O2. The normalized spacial score (nSPS) is 15.5. The average Bonchev–Trinajstić information content (AvgIpc) is 3.13. The highest BCUT2D eigenvalue weighted by atomic mass is 127. The number of amides is 1. The summed E-state index contributed by atoms with van der Waals surface area (Å²) in [6.07, 6.45) is 1.87. The number of fused-ring (bicyclic) bond motifs is 2. The predicted molar refractivity (Wildman–Crippen MR) is 123 cm³/mol. The number of carbonyl (C=O) groups excluding carboxylic acids is 1. The Kier molecular flexibility index (Phi) is 6.77. The van der Waals surface area contributed by atoms with Crippen molar-refractivity contribution in [3.8, 4) is 5.75 Å². The minimum Gasteiger partial charge on any atom is -0.482 e. The van der Waals surface area contributed by atoms with E-state index >= 15 is 0 Å². The Morgan fingerprint density at radius 3 is 2.71 bits per heavy atom. The van der Waals surface area contributed by atoms with Gasteiger partial charge in [-0.25, -0.2) is 0 Å². The summed E-state index contributed by atoms with van der Waals surface area (Å²) in [6, 6.07) is 16.1. The summed E-state index contributed by atoms with van der Waals surface area (Å²) in [5.41, 5.74) is 3.44. The van der Waals surface area contributed by atoms with E-state index in [0.29, 0.717) is 6.54 Å². The number of rotatable bonds is 4. The van der Waals surface area contributed by atoms with Gasteiger partial charge in [0.05, 0.1) is 5.69 Å². The Bertz CT molecular complexity index is 871. The number of hydrogen-bond donors (Lipinski definition) is 1. The molecule has 0 aromatic heterocycles. The lowest BCUT2D eigenvalue weighted by molar-refractivity contribution is -0.121. The summed E-state index contributed by atoms with van der Waals surface area (Å²) in [5, 5.41) is 3.44. The molecule has 28 heavy (non-hydrogen) atoms. The van der Waals surface area contributed by atoms with Crippen molar-refractivity contribution in [1.29, 1.82) is 0 Å². The third kappa shape index (κ3) is 4.09. The maximum absolute atomic E-state index is 12.2. The molecule has 7 heteroatoms. The second kappa shape index (κ2) is 9.27. The van der Waals surface area contributed by atoms with Gasteiger partial charge in [0.1, 0.15) is 5.75 Å². The molecule has 148 valence electrons. The molecule has 0 spiro atoms. The quantitative estimate of drug-likeness (QED) is 0.309. The van der Waals surface area contributed by atoms with Crippen LogP contribution in [0, 0.1) is 0 Å². The molecule has 0 saturated carbocycles. The van der Waals surface area contributed by atoms with E-state index in [1.165, 1.54) is 11.3 Å². The molecule has 0 atom stereocenters. The number of aliphatic imine (C=N–C) groups is 1. The number of hydrogen-bond acceptors (Lipinski definition) is 3. The minimum atomic E-state index is 0. The Balaban J connectivity index is 0.00000225. The standard InChI is InChI=1S/C21H24N4O2.HI/c1-22-21(25-14-11-16-7-2-3-8-17(16)25)23-12-6-13-24-18-9-4-5-10-19(18)27-15-20(24)26;/h2-5,7-10H,6,11-15H2,1H3,(H,22,23);1H. The zero-order chi connectivity index (χ0) is 18.6. The second-order valence-corrected chi connectivity index (χ2v) is 6.66. The molecule has 2 aromatic carbocycles. The zero-order valence-electron chi connectivity index (χ0n) is 15.9. The van der Waals surface area contributed by atoms with Gasteiger partial charge in [-0.05, 0) is 36.6 Å². The number of ether oxygens (including phenoxy) is 1. The fourth-order valence-corrected chi connectivity index (χ4v) is 3.69. The van der Waals surface area contributed by atoms with Crippen LogP contribution in [0.3, 0.4) is 0 Å². The lowest BCUT2D eigenvalue weighted by atomic mass is 10.2. The number of benzene rings is 2. The molecule has 1 N–H and O–H groups in total. The van der Waals surface area contributed by atoms with Crippen LogP contribution >= 0.6 is 24.0 Å². The first kappa shape index (κ1) is 20.4. The lowest BCUT2D eigenvalue weighted by Crippen LogP contribution is -2.43. The van der Waals surface area contributed by atoms with E-state index in [4.69, 9.17) is 4.74 Å². The van der Waals surface area contributed by atoms with E-state index in [9.17, 15) is 4.79 Å². The molecule has 0 aliphatic carbocycles. The van der Waals surface area contributed by atoms with Crippen molar-refractivity contribution in [2.75, 3.05) is 43.1 Å².